The molecular formula is C31H32N2O3. The maximum Gasteiger partial charge on any atom is 0.325 e. The van der Waals surface area contributed by atoms with Crippen LogP contribution in [0, 0.1) is 5.92 Å². The molecule has 0 radical (unpaired) electrons. The van der Waals surface area contributed by atoms with E-state index in [2.05, 4.69) is 35.7 Å². The van der Waals surface area contributed by atoms with E-state index in [1.807, 2.05) is 55.5 Å². The summed E-state index contributed by atoms with van der Waals surface area (Å²) in [5.74, 6) is 0.383. The second-order valence-corrected chi connectivity index (χ2v) is 10.4. The Kier molecular flexibility index (Phi) is 5.40. The van der Waals surface area contributed by atoms with Crippen molar-refractivity contribution < 1.29 is 14.3 Å². The zero-order valence-corrected chi connectivity index (χ0v) is 20.9. The lowest BCUT2D eigenvalue weighted by Crippen LogP contribution is -2.62. The molecule has 36 heavy (non-hydrogen) atoms. The first kappa shape index (κ1) is 22.8. The molecule has 1 fully saturated rings. The van der Waals surface area contributed by atoms with Crippen LogP contribution >= 0.6 is 0 Å². The average Bonchev–Trinajstić information content (AvgIpc) is 3.15. The molecule has 2 aromatic rings. The van der Waals surface area contributed by atoms with E-state index in [1.54, 1.807) is 7.11 Å². The molecule has 4 aliphatic carbocycles. The van der Waals surface area contributed by atoms with Gasteiger partial charge < -0.3 is 10.1 Å². The van der Waals surface area contributed by atoms with Gasteiger partial charge in [0.25, 0.3) is 5.91 Å². The molecule has 1 saturated carbocycles. The SMILES string of the molecule is COC1=CC23C=CC1C(c1ccccc1)(c1ccccc1)C2=C(C)C(=O)N3C(=O)NC1CCCCC1. The van der Waals surface area contributed by atoms with Crippen LogP contribution in [0.2, 0.25) is 0 Å². The number of hydrogen-bond donors (Lipinski definition) is 1. The Morgan fingerprint density at radius 3 is 2.17 bits per heavy atom. The van der Waals surface area contributed by atoms with Crippen molar-refractivity contribution in [1.82, 2.24) is 10.2 Å². The van der Waals surface area contributed by atoms with Crippen molar-refractivity contribution in [2.45, 2.75) is 56.0 Å². The lowest BCUT2D eigenvalue weighted by molar-refractivity contribution is -0.124. The molecule has 3 amide bonds. The molecule has 1 N–H and O–H groups in total. The second kappa shape index (κ2) is 8.51. The molecule has 1 aliphatic heterocycles. The number of urea groups is 1. The molecular weight excluding hydrogens is 448 g/mol. The summed E-state index contributed by atoms with van der Waals surface area (Å²) in [7, 11) is 1.68. The highest BCUT2D eigenvalue weighted by Gasteiger charge is 2.66. The van der Waals surface area contributed by atoms with Crippen molar-refractivity contribution in [3.05, 3.63) is 107 Å². The topological polar surface area (TPSA) is 58.6 Å². The largest absolute Gasteiger partial charge is 0.501 e. The van der Waals surface area contributed by atoms with Crippen LogP contribution in [-0.4, -0.2) is 35.5 Å². The third-order valence-corrected chi connectivity index (χ3v) is 8.57. The number of allylic oxidation sites excluding steroid dienone is 1. The first-order valence-electron chi connectivity index (χ1n) is 13.0. The average molecular weight is 481 g/mol. The summed E-state index contributed by atoms with van der Waals surface area (Å²) in [6.45, 7) is 1.88. The summed E-state index contributed by atoms with van der Waals surface area (Å²) in [6.07, 6.45) is 11.5. The van der Waals surface area contributed by atoms with E-state index >= 15 is 0 Å². The van der Waals surface area contributed by atoms with E-state index in [9.17, 15) is 9.59 Å². The molecule has 2 aromatic carbocycles. The van der Waals surface area contributed by atoms with Gasteiger partial charge in [-0.3, -0.25) is 4.79 Å². The van der Waals surface area contributed by atoms with Crippen LogP contribution in [0.15, 0.2) is 95.8 Å². The fraction of sp³-hybridized carbons (Fsp3) is 0.355. The highest BCUT2D eigenvalue weighted by Crippen LogP contribution is 2.63. The molecule has 1 heterocycles. The Balaban J connectivity index is 1.58. The molecule has 0 saturated heterocycles. The molecule has 7 rings (SSSR count). The van der Waals surface area contributed by atoms with Crippen molar-refractivity contribution in [2.24, 2.45) is 5.92 Å². The number of carbonyl (C=O) groups excluding carboxylic acids is 2. The molecule has 5 aliphatic rings. The minimum absolute atomic E-state index is 0.0996. The van der Waals surface area contributed by atoms with Gasteiger partial charge in [0.2, 0.25) is 0 Å². The maximum absolute atomic E-state index is 14.0. The van der Waals surface area contributed by atoms with Crippen molar-refractivity contribution in [2.75, 3.05) is 7.11 Å². The number of rotatable bonds is 4. The monoisotopic (exact) mass is 480 g/mol. The Morgan fingerprint density at radius 2 is 1.58 bits per heavy atom. The predicted molar refractivity (Wildman–Crippen MR) is 139 cm³/mol. The fourth-order valence-electron chi connectivity index (χ4n) is 7.12. The number of amides is 3. The zero-order chi connectivity index (χ0) is 24.9. The number of nitrogens with one attached hydrogen (secondary N) is 1. The first-order valence-corrected chi connectivity index (χ1v) is 13.0. The van der Waals surface area contributed by atoms with Gasteiger partial charge in [0.05, 0.1) is 18.4 Å². The Morgan fingerprint density at radius 1 is 0.972 bits per heavy atom. The Bertz CT molecular complexity index is 1250. The zero-order valence-electron chi connectivity index (χ0n) is 20.9. The minimum atomic E-state index is -1.02. The fourth-order valence-corrected chi connectivity index (χ4v) is 7.12. The number of imide groups is 1. The molecule has 2 unspecified atom stereocenters. The summed E-state index contributed by atoms with van der Waals surface area (Å²) in [5.41, 5.74) is 2.03. The molecule has 5 heteroatoms. The van der Waals surface area contributed by atoms with Gasteiger partial charge in [-0.25, -0.2) is 9.69 Å². The molecule has 0 aromatic heterocycles. The molecule has 1 spiro atoms. The van der Waals surface area contributed by atoms with Crippen molar-refractivity contribution in [3.8, 4) is 0 Å². The van der Waals surface area contributed by atoms with Gasteiger partial charge in [0.1, 0.15) is 11.3 Å². The number of nitrogens with zero attached hydrogens (tertiary/aromatic N) is 1. The highest BCUT2D eigenvalue weighted by molar-refractivity contribution is 6.10. The molecule has 184 valence electrons. The summed E-state index contributed by atoms with van der Waals surface area (Å²) >= 11 is 0. The summed E-state index contributed by atoms with van der Waals surface area (Å²) in [4.78, 5) is 29.3. The van der Waals surface area contributed by atoms with Gasteiger partial charge in [0, 0.05) is 11.6 Å². The lowest BCUT2D eigenvalue weighted by atomic mass is 9.50. The first-order chi connectivity index (χ1) is 17.5. The maximum atomic E-state index is 14.0. The van der Waals surface area contributed by atoms with Gasteiger partial charge >= 0.3 is 6.03 Å². The Labute approximate surface area is 212 Å². The van der Waals surface area contributed by atoms with Crippen LogP contribution in [0.3, 0.4) is 0 Å². The molecule has 2 atom stereocenters. The van der Waals surface area contributed by atoms with E-state index in [1.165, 1.54) is 11.3 Å². The number of methoxy groups -OCH3 is 1. The number of hydrogen-bond acceptors (Lipinski definition) is 3. The van der Waals surface area contributed by atoms with Crippen LogP contribution < -0.4 is 5.32 Å². The van der Waals surface area contributed by atoms with Crippen molar-refractivity contribution in [1.29, 1.82) is 0 Å². The van der Waals surface area contributed by atoms with Gasteiger partial charge in [-0.1, -0.05) is 92.1 Å². The van der Waals surface area contributed by atoms with E-state index < -0.39 is 11.0 Å². The van der Waals surface area contributed by atoms with Gasteiger partial charge in [0.15, 0.2) is 0 Å². The van der Waals surface area contributed by atoms with Crippen LogP contribution in [-0.2, 0) is 14.9 Å². The van der Waals surface area contributed by atoms with Gasteiger partial charge in [-0.05, 0) is 42.5 Å². The van der Waals surface area contributed by atoms with E-state index in [0.29, 0.717) is 5.57 Å². The van der Waals surface area contributed by atoms with Gasteiger partial charge in [-0.15, -0.1) is 0 Å². The summed E-state index contributed by atoms with van der Waals surface area (Å²) in [6, 6.07) is 20.4. The lowest BCUT2D eigenvalue weighted by Gasteiger charge is -2.55. The van der Waals surface area contributed by atoms with Crippen LogP contribution in [0.4, 0.5) is 4.79 Å². The van der Waals surface area contributed by atoms with Crippen LogP contribution in [0.25, 0.3) is 0 Å². The third-order valence-electron chi connectivity index (χ3n) is 8.57. The number of ether oxygens (including phenoxy) is 1. The quantitative estimate of drug-likeness (QED) is 0.576. The molecule has 5 nitrogen and oxygen atoms in total. The number of benzene rings is 2. The van der Waals surface area contributed by atoms with Crippen LogP contribution in [0.1, 0.15) is 50.2 Å². The van der Waals surface area contributed by atoms with E-state index in [0.717, 1.165) is 48.1 Å². The minimum Gasteiger partial charge on any atom is -0.501 e. The smallest absolute Gasteiger partial charge is 0.325 e. The van der Waals surface area contributed by atoms with E-state index in [-0.39, 0.29) is 23.9 Å². The number of carbonyl (C=O) groups is 2. The van der Waals surface area contributed by atoms with E-state index in [4.69, 9.17) is 4.74 Å². The summed E-state index contributed by atoms with van der Waals surface area (Å²) < 4.78 is 5.99. The molecule has 2 bridgehead atoms. The summed E-state index contributed by atoms with van der Waals surface area (Å²) in [5, 5.41) is 3.20. The van der Waals surface area contributed by atoms with Crippen molar-refractivity contribution >= 4 is 11.9 Å². The van der Waals surface area contributed by atoms with Crippen molar-refractivity contribution in [3.63, 3.8) is 0 Å². The van der Waals surface area contributed by atoms with Gasteiger partial charge in [-0.2, -0.15) is 0 Å². The standard InChI is InChI=1S/C31H32N2O3/c1-21-27-30(33(28(21)34)29(35)32-24-16-10-5-11-17-24)19-18-25(26(20-30)36-2)31(27,22-12-6-3-7-13-22)23-14-8-4-9-15-23/h3-4,6-9,12-15,18-20,24-25H,5,10-11,16-17H2,1-2H3,(H,32,35). The highest BCUT2D eigenvalue weighted by atomic mass is 16.5. The van der Waals surface area contributed by atoms with Crippen LogP contribution in [0.5, 0.6) is 0 Å². The second-order valence-electron chi connectivity index (χ2n) is 10.4. The third kappa shape index (κ3) is 3.01. The normalized spacial score (nSPS) is 26.6. The Hall–Kier alpha value is -3.60. The predicted octanol–water partition coefficient (Wildman–Crippen LogP) is 5.64.